The molecule has 1 aliphatic carbocycles. The lowest BCUT2D eigenvalue weighted by atomic mass is 10.2. The number of nitrogens with one attached hydrogen (secondary N) is 1. The minimum absolute atomic E-state index is 0.182. The Balaban J connectivity index is 1.67. The highest BCUT2D eigenvalue weighted by Crippen LogP contribution is 2.37. The summed E-state index contributed by atoms with van der Waals surface area (Å²) < 4.78 is 1.78. The van der Waals surface area contributed by atoms with E-state index in [9.17, 15) is 4.79 Å². The zero-order valence-electron chi connectivity index (χ0n) is 11.9. The number of anilines is 1. The predicted molar refractivity (Wildman–Crippen MR) is 81.2 cm³/mol. The largest absolute Gasteiger partial charge is 0.324 e. The minimum atomic E-state index is -0.366. The molecular weight excluding hydrogens is 300 g/mol. The van der Waals surface area contributed by atoms with E-state index in [0.717, 1.165) is 12.8 Å². The first-order chi connectivity index (χ1) is 10.7. The average molecular weight is 314 g/mol. The molecule has 22 heavy (non-hydrogen) atoms. The highest BCUT2D eigenvalue weighted by Gasteiger charge is 2.29. The van der Waals surface area contributed by atoms with Crippen molar-refractivity contribution in [3.8, 4) is 6.07 Å². The van der Waals surface area contributed by atoms with Gasteiger partial charge in [0, 0.05) is 0 Å². The topological polar surface area (TPSA) is 96.5 Å². The normalized spacial score (nSPS) is 15.1. The molecule has 0 aliphatic heterocycles. The van der Waals surface area contributed by atoms with Crippen LogP contribution in [0.1, 0.15) is 31.4 Å². The molecule has 0 bridgehead atoms. The molecular formula is C14H14N6OS. The van der Waals surface area contributed by atoms with Crippen LogP contribution in [0.3, 0.4) is 0 Å². The Hall–Kier alpha value is -2.40. The molecule has 1 heterocycles. The zero-order chi connectivity index (χ0) is 15.5. The lowest BCUT2D eigenvalue weighted by Gasteiger charge is -2.12. The van der Waals surface area contributed by atoms with Gasteiger partial charge < -0.3 is 5.32 Å². The lowest BCUT2D eigenvalue weighted by molar-refractivity contribution is -0.115. The third-order valence-electron chi connectivity index (χ3n) is 3.31. The molecule has 1 aromatic carbocycles. The fourth-order valence-corrected chi connectivity index (χ4v) is 2.81. The summed E-state index contributed by atoms with van der Waals surface area (Å²) in [5, 5.41) is 23.7. The van der Waals surface area contributed by atoms with Gasteiger partial charge in [0.15, 0.2) is 0 Å². The van der Waals surface area contributed by atoms with Crippen molar-refractivity contribution in [1.29, 1.82) is 5.26 Å². The Labute approximate surface area is 131 Å². The van der Waals surface area contributed by atoms with E-state index in [4.69, 9.17) is 5.26 Å². The molecule has 2 aromatic rings. The number of tetrazole rings is 1. The first kappa shape index (κ1) is 14.5. The van der Waals surface area contributed by atoms with Crippen LogP contribution in [-0.2, 0) is 4.79 Å². The van der Waals surface area contributed by atoms with Crippen LogP contribution in [0.15, 0.2) is 29.4 Å². The molecule has 1 aliphatic rings. The summed E-state index contributed by atoms with van der Waals surface area (Å²) in [6, 6.07) is 9.35. The molecule has 1 fully saturated rings. The number of para-hydroxylation sites is 1. The van der Waals surface area contributed by atoms with Gasteiger partial charge in [-0.15, -0.1) is 5.10 Å². The predicted octanol–water partition coefficient (Wildman–Crippen LogP) is 2.00. The van der Waals surface area contributed by atoms with Gasteiger partial charge in [0.1, 0.15) is 6.07 Å². The summed E-state index contributed by atoms with van der Waals surface area (Å²) in [7, 11) is 0. The number of carbonyl (C=O) groups is 1. The first-order valence-corrected chi connectivity index (χ1v) is 7.81. The van der Waals surface area contributed by atoms with Crippen LogP contribution >= 0.6 is 11.8 Å². The maximum absolute atomic E-state index is 12.3. The number of nitrogens with zero attached hydrogens (tertiary/aromatic N) is 5. The molecule has 3 rings (SSSR count). The second-order valence-electron chi connectivity index (χ2n) is 5.04. The Morgan fingerprint density at radius 1 is 1.50 bits per heavy atom. The van der Waals surface area contributed by atoms with Gasteiger partial charge >= 0.3 is 0 Å². The summed E-state index contributed by atoms with van der Waals surface area (Å²) in [6.45, 7) is 1.79. The monoisotopic (exact) mass is 314 g/mol. The highest BCUT2D eigenvalue weighted by molar-refractivity contribution is 8.00. The Morgan fingerprint density at radius 3 is 3.00 bits per heavy atom. The van der Waals surface area contributed by atoms with Crippen molar-refractivity contribution in [1.82, 2.24) is 20.2 Å². The summed E-state index contributed by atoms with van der Waals surface area (Å²) in [5.41, 5.74) is 0.958. The Bertz CT molecular complexity index is 733. The Morgan fingerprint density at radius 2 is 2.27 bits per heavy atom. The van der Waals surface area contributed by atoms with Gasteiger partial charge in [0.25, 0.3) is 0 Å². The molecule has 1 atom stereocenters. The number of amides is 1. The van der Waals surface area contributed by atoms with Crippen molar-refractivity contribution in [2.75, 3.05) is 5.32 Å². The van der Waals surface area contributed by atoms with Crippen LogP contribution < -0.4 is 5.32 Å². The van der Waals surface area contributed by atoms with E-state index in [1.165, 1.54) is 11.8 Å². The van der Waals surface area contributed by atoms with Crippen LogP contribution in [0.25, 0.3) is 0 Å². The van der Waals surface area contributed by atoms with Crippen LogP contribution in [0, 0.1) is 11.3 Å². The van der Waals surface area contributed by atoms with E-state index in [1.807, 2.05) is 0 Å². The van der Waals surface area contributed by atoms with Crippen LogP contribution in [-0.4, -0.2) is 31.4 Å². The molecule has 1 unspecified atom stereocenters. The van der Waals surface area contributed by atoms with Gasteiger partial charge in [-0.1, -0.05) is 23.9 Å². The fourth-order valence-electron chi connectivity index (χ4n) is 1.95. The van der Waals surface area contributed by atoms with Crippen molar-refractivity contribution in [2.45, 2.75) is 36.2 Å². The van der Waals surface area contributed by atoms with Crippen molar-refractivity contribution >= 4 is 23.4 Å². The van der Waals surface area contributed by atoms with Gasteiger partial charge in [-0.25, -0.2) is 4.68 Å². The van der Waals surface area contributed by atoms with Crippen LogP contribution in [0.4, 0.5) is 5.69 Å². The number of carbonyl (C=O) groups excluding carboxylic acids is 1. The quantitative estimate of drug-likeness (QED) is 0.848. The maximum Gasteiger partial charge on any atom is 0.237 e. The van der Waals surface area contributed by atoms with E-state index in [1.54, 1.807) is 35.9 Å². The standard InChI is InChI=1S/C14H14N6OS/c1-9(22-14-17-18-19-20(14)11-6-7-11)13(21)16-12-5-3-2-4-10(12)8-15/h2-5,9,11H,6-7H2,1H3,(H,16,21). The van der Waals surface area contributed by atoms with Crippen molar-refractivity contribution < 1.29 is 4.79 Å². The van der Waals surface area contributed by atoms with E-state index in [2.05, 4.69) is 26.9 Å². The SMILES string of the molecule is CC(Sc1nnnn1C1CC1)C(=O)Nc1ccccc1C#N. The van der Waals surface area contributed by atoms with Gasteiger partial charge in [0.2, 0.25) is 11.1 Å². The van der Waals surface area contributed by atoms with E-state index in [0.29, 0.717) is 22.4 Å². The van der Waals surface area contributed by atoms with Gasteiger partial charge in [-0.3, -0.25) is 4.79 Å². The number of nitriles is 1. The van der Waals surface area contributed by atoms with Crippen molar-refractivity contribution in [3.63, 3.8) is 0 Å². The molecule has 0 radical (unpaired) electrons. The van der Waals surface area contributed by atoms with Gasteiger partial charge in [-0.05, 0) is 42.3 Å². The average Bonchev–Trinajstić information content (AvgIpc) is 3.27. The highest BCUT2D eigenvalue weighted by atomic mass is 32.2. The number of hydrogen-bond donors (Lipinski definition) is 1. The van der Waals surface area contributed by atoms with Crippen molar-refractivity contribution in [2.24, 2.45) is 0 Å². The Kier molecular flexibility index (Phi) is 4.06. The molecule has 1 aromatic heterocycles. The fraction of sp³-hybridized carbons (Fsp3) is 0.357. The third-order valence-corrected chi connectivity index (χ3v) is 4.36. The summed E-state index contributed by atoms with van der Waals surface area (Å²) >= 11 is 1.32. The zero-order valence-corrected chi connectivity index (χ0v) is 12.7. The number of benzene rings is 1. The molecule has 8 heteroatoms. The third kappa shape index (κ3) is 3.09. The molecule has 1 N–H and O–H groups in total. The second kappa shape index (κ2) is 6.15. The molecule has 1 amide bonds. The summed E-state index contributed by atoms with van der Waals surface area (Å²) in [4.78, 5) is 12.3. The molecule has 0 saturated heterocycles. The summed E-state index contributed by atoms with van der Waals surface area (Å²) in [5.74, 6) is -0.182. The molecule has 112 valence electrons. The second-order valence-corrected chi connectivity index (χ2v) is 6.35. The minimum Gasteiger partial charge on any atom is -0.324 e. The van der Waals surface area contributed by atoms with E-state index >= 15 is 0 Å². The van der Waals surface area contributed by atoms with Gasteiger partial charge in [-0.2, -0.15) is 5.26 Å². The maximum atomic E-state index is 12.3. The van der Waals surface area contributed by atoms with E-state index in [-0.39, 0.29) is 11.2 Å². The first-order valence-electron chi connectivity index (χ1n) is 6.93. The van der Waals surface area contributed by atoms with Crippen molar-refractivity contribution in [3.05, 3.63) is 29.8 Å². The molecule has 0 spiro atoms. The smallest absolute Gasteiger partial charge is 0.237 e. The number of thioether (sulfide) groups is 1. The lowest BCUT2D eigenvalue weighted by Crippen LogP contribution is -2.23. The molecule has 1 saturated carbocycles. The van der Waals surface area contributed by atoms with E-state index < -0.39 is 0 Å². The number of rotatable bonds is 5. The summed E-state index contributed by atoms with van der Waals surface area (Å²) in [6.07, 6.45) is 2.16. The van der Waals surface area contributed by atoms with Crippen LogP contribution in [0.5, 0.6) is 0 Å². The molecule has 7 nitrogen and oxygen atoms in total. The number of hydrogen-bond acceptors (Lipinski definition) is 6. The van der Waals surface area contributed by atoms with Gasteiger partial charge in [0.05, 0.1) is 22.5 Å². The van der Waals surface area contributed by atoms with Crippen LogP contribution in [0.2, 0.25) is 0 Å². The number of aromatic nitrogens is 4.